The molecule has 1 amide bonds. The van der Waals surface area contributed by atoms with Gasteiger partial charge in [-0.15, -0.1) is 0 Å². The zero-order chi connectivity index (χ0) is 22.9. The molecule has 164 valence electrons. The van der Waals surface area contributed by atoms with Gasteiger partial charge in [0.2, 0.25) is 0 Å². The van der Waals surface area contributed by atoms with Crippen LogP contribution in [0.2, 0.25) is 0 Å². The van der Waals surface area contributed by atoms with Crippen LogP contribution < -0.4 is 5.73 Å². The zero-order valence-electron chi connectivity index (χ0n) is 17.9. The minimum atomic E-state index is -1.23. The molecule has 4 atom stereocenters. The molecular formula is C23H26N2O6. The number of carbonyl (C=O) groups is 3. The van der Waals surface area contributed by atoms with Gasteiger partial charge in [0.15, 0.2) is 11.6 Å². The number of aliphatic hydroxyl groups excluding tert-OH is 2. The average Bonchev–Trinajstić information content (AvgIpc) is 2.64. The highest BCUT2D eigenvalue weighted by molar-refractivity contribution is 6.28. The fourth-order valence-electron chi connectivity index (χ4n) is 5.69. The van der Waals surface area contributed by atoms with Crippen molar-refractivity contribution in [2.75, 3.05) is 14.1 Å². The number of benzene rings is 1. The van der Waals surface area contributed by atoms with E-state index in [1.54, 1.807) is 25.9 Å². The first-order valence-electron chi connectivity index (χ1n) is 10.2. The number of Topliss-reactive ketones (excluding diaryl/α,β-unsaturated/α-hetero) is 2. The monoisotopic (exact) mass is 426 g/mol. The van der Waals surface area contributed by atoms with E-state index in [2.05, 4.69) is 0 Å². The maximum absolute atomic E-state index is 13.6. The normalized spacial score (nSPS) is 27.9. The van der Waals surface area contributed by atoms with Crippen LogP contribution >= 0.6 is 0 Å². The summed E-state index contributed by atoms with van der Waals surface area (Å²) in [5.74, 6) is -5.45. The summed E-state index contributed by atoms with van der Waals surface area (Å²) in [7, 11) is 3.39. The van der Waals surface area contributed by atoms with Gasteiger partial charge in [-0.2, -0.15) is 0 Å². The maximum Gasteiger partial charge on any atom is 0.255 e. The molecule has 0 bridgehead atoms. The molecule has 1 aromatic rings. The molecule has 0 aromatic heterocycles. The van der Waals surface area contributed by atoms with E-state index in [9.17, 15) is 29.7 Å². The second-order valence-corrected chi connectivity index (χ2v) is 9.01. The molecule has 31 heavy (non-hydrogen) atoms. The second kappa shape index (κ2) is 6.95. The van der Waals surface area contributed by atoms with Crippen LogP contribution in [0.15, 0.2) is 23.0 Å². The van der Waals surface area contributed by atoms with E-state index in [0.29, 0.717) is 18.4 Å². The summed E-state index contributed by atoms with van der Waals surface area (Å²) in [6, 6.07) is 1.10. The van der Waals surface area contributed by atoms with Crippen LogP contribution in [0.5, 0.6) is 5.75 Å². The third kappa shape index (κ3) is 2.81. The van der Waals surface area contributed by atoms with Crippen LogP contribution in [0.25, 0.3) is 5.76 Å². The number of nitrogens with two attached hydrogens (primary N) is 1. The third-order valence-corrected chi connectivity index (χ3v) is 6.98. The number of fused-ring (bicyclic) bond motifs is 3. The molecule has 3 aliphatic carbocycles. The van der Waals surface area contributed by atoms with Crippen molar-refractivity contribution in [3.05, 3.63) is 45.2 Å². The summed E-state index contributed by atoms with van der Waals surface area (Å²) < 4.78 is 0. The van der Waals surface area contributed by atoms with E-state index in [1.807, 2.05) is 13.0 Å². The van der Waals surface area contributed by atoms with Crippen LogP contribution in [0.1, 0.15) is 28.7 Å². The molecule has 0 saturated heterocycles. The number of aryl methyl sites for hydroxylation is 2. The first-order chi connectivity index (χ1) is 14.5. The van der Waals surface area contributed by atoms with Crippen LogP contribution in [0, 0.1) is 31.6 Å². The SMILES string of the molecule is Cc1cc(C)c2c(c1O)C(O)=C1C(=O)C3C(=O)C(C(N)=O)=C(O)[C@@H](N(C)C)C3CC1C2. The highest BCUT2D eigenvalue weighted by Gasteiger charge is 2.55. The van der Waals surface area contributed by atoms with Crippen molar-refractivity contribution >= 4 is 23.2 Å². The molecule has 1 aromatic carbocycles. The largest absolute Gasteiger partial charge is 0.510 e. The van der Waals surface area contributed by atoms with Gasteiger partial charge in [0.25, 0.3) is 5.91 Å². The van der Waals surface area contributed by atoms with Gasteiger partial charge in [0.1, 0.15) is 22.8 Å². The number of allylic oxidation sites excluding steroid dienone is 1. The van der Waals surface area contributed by atoms with Crippen LogP contribution in [-0.4, -0.2) is 57.8 Å². The number of hydrogen-bond acceptors (Lipinski definition) is 7. The number of amides is 1. The Hall–Kier alpha value is -3.13. The zero-order valence-corrected chi connectivity index (χ0v) is 17.9. The summed E-state index contributed by atoms with van der Waals surface area (Å²) in [4.78, 5) is 40.2. The van der Waals surface area contributed by atoms with Gasteiger partial charge in [0.05, 0.1) is 17.5 Å². The molecule has 3 unspecified atom stereocenters. The highest BCUT2D eigenvalue weighted by Crippen LogP contribution is 2.51. The summed E-state index contributed by atoms with van der Waals surface area (Å²) >= 11 is 0. The van der Waals surface area contributed by atoms with Gasteiger partial charge in [-0.1, -0.05) is 6.07 Å². The van der Waals surface area contributed by atoms with Crippen molar-refractivity contribution in [2.24, 2.45) is 23.5 Å². The van der Waals surface area contributed by atoms with E-state index in [1.165, 1.54) is 0 Å². The number of nitrogens with zero attached hydrogens (tertiary/aromatic N) is 1. The Morgan fingerprint density at radius 1 is 1.10 bits per heavy atom. The predicted molar refractivity (Wildman–Crippen MR) is 112 cm³/mol. The van der Waals surface area contributed by atoms with Crippen molar-refractivity contribution in [1.82, 2.24) is 4.90 Å². The lowest BCUT2D eigenvalue weighted by molar-refractivity contribution is -0.136. The lowest BCUT2D eigenvalue weighted by Crippen LogP contribution is -2.55. The molecule has 5 N–H and O–H groups in total. The lowest BCUT2D eigenvalue weighted by Gasteiger charge is -2.46. The Balaban J connectivity index is 1.92. The Kier molecular flexibility index (Phi) is 4.73. The predicted octanol–water partition coefficient (Wildman–Crippen LogP) is 1.47. The Morgan fingerprint density at radius 2 is 1.74 bits per heavy atom. The fraction of sp³-hybridized carbons (Fsp3) is 0.435. The molecule has 1 fully saturated rings. The minimum absolute atomic E-state index is 0.0875. The smallest absolute Gasteiger partial charge is 0.255 e. The van der Waals surface area contributed by atoms with Crippen LogP contribution in [-0.2, 0) is 20.8 Å². The number of hydrogen-bond donors (Lipinski definition) is 4. The number of primary amides is 1. The lowest BCUT2D eigenvalue weighted by atomic mass is 9.59. The minimum Gasteiger partial charge on any atom is -0.510 e. The van der Waals surface area contributed by atoms with E-state index < -0.39 is 46.7 Å². The molecule has 4 rings (SSSR count). The van der Waals surface area contributed by atoms with Crippen molar-refractivity contribution in [3.63, 3.8) is 0 Å². The number of carbonyl (C=O) groups excluding carboxylic acids is 3. The number of phenolic OH excluding ortho intramolecular Hbond substituents is 1. The molecule has 8 nitrogen and oxygen atoms in total. The first kappa shape index (κ1) is 21.1. The highest BCUT2D eigenvalue weighted by atomic mass is 16.3. The van der Waals surface area contributed by atoms with Crippen LogP contribution in [0.3, 0.4) is 0 Å². The molecule has 0 aliphatic heterocycles. The van der Waals surface area contributed by atoms with Gasteiger partial charge in [0, 0.05) is 5.57 Å². The number of aliphatic hydroxyl groups is 2. The average molecular weight is 426 g/mol. The van der Waals surface area contributed by atoms with Crippen molar-refractivity contribution < 1.29 is 29.7 Å². The van der Waals surface area contributed by atoms with Crippen molar-refractivity contribution in [3.8, 4) is 5.75 Å². The van der Waals surface area contributed by atoms with Crippen molar-refractivity contribution in [1.29, 1.82) is 0 Å². The molecule has 1 saturated carbocycles. The second-order valence-electron chi connectivity index (χ2n) is 9.01. The van der Waals surface area contributed by atoms with E-state index in [4.69, 9.17) is 5.73 Å². The number of ketones is 2. The fourth-order valence-corrected chi connectivity index (χ4v) is 5.69. The molecule has 3 aliphatic rings. The quantitative estimate of drug-likeness (QED) is 0.414. The summed E-state index contributed by atoms with van der Waals surface area (Å²) in [5, 5.41) is 32.3. The molecule has 0 radical (unpaired) electrons. The molecule has 0 heterocycles. The van der Waals surface area contributed by atoms with Gasteiger partial charge in [-0.25, -0.2) is 0 Å². The van der Waals surface area contributed by atoms with E-state index in [0.717, 1.165) is 11.1 Å². The van der Waals surface area contributed by atoms with Gasteiger partial charge >= 0.3 is 0 Å². The van der Waals surface area contributed by atoms with Gasteiger partial charge < -0.3 is 21.1 Å². The van der Waals surface area contributed by atoms with Crippen LogP contribution in [0.4, 0.5) is 0 Å². The summed E-state index contributed by atoms with van der Waals surface area (Å²) in [6.45, 7) is 3.60. The number of rotatable bonds is 2. The number of likely N-dealkylation sites (N-methyl/N-ethyl adjacent to an activating group) is 1. The Labute approximate surface area is 179 Å². The first-order valence-corrected chi connectivity index (χ1v) is 10.2. The van der Waals surface area contributed by atoms with E-state index in [-0.39, 0.29) is 28.6 Å². The Morgan fingerprint density at radius 3 is 2.32 bits per heavy atom. The van der Waals surface area contributed by atoms with Gasteiger partial charge in [-0.3, -0.25) is 19.3 Å². The topological polar surface area (TPSA) is 141 Å². The summed E-state index contributed by atoms with van der Waals surface area (Å²) in [5.41, 5.74) is 7.37. The third-order valence-electron chi connectivity index (χ3n) is 6.98. The molecular weight excluding hydrogens is 400 g/mol. The number of phenols is 1. The molecule has 8 heteroatoms. The van der Waals surface area contributed by atoms with E-state index >= 15 is 0 Å². The van der Waals surface area contributed by atoms with Gasteiger partial charge in [-0.05, 0) is 69.3 Å². The molecule has 0 spiro atoms. The van der Waals surface area contributed by atoms with Crippen molar-refractivity contribution in [2.45, 2.75) is 32.7 Å². The number of aromatic hydroxyl groups is 1. The maximum atomic E-state index is 13.6. The summed E-state index contributed by atoms with van der Waals surface area (Å²) in [6.07, 6.45) is 0.777. The standard InChI is InChI=1S/C23H26N2O6/c1-8-5-9(2)18(26)14-11(8)6-10-7-12-15(20(28)13(10)19(14)27)21(29)16(23(24)31)22(30)17(12)25(3)4/h5,10,12,15,17,26-27,30H,6-7H2,1-4H3,(H2,24,31)/t10?,12?,15?,17-/m0/s1. The Bertz CT molecular complexity index is 1110.